The summed E-state index contributed by atoms with van der Waals surface area (Å²) in [5.74, 6) is -3.48. The second-order valence-corrected chi connectivity index (χ2v) is 10.4. The molecule has 1 fully saturated rings. The minimum Gasteiger partial charge on any atom is -0.390 e. The lowest BCUT2D eigenvalue weighted by Crippen LogP contribution is -2.61. The molecule has 1 aliphatic rings. The summed E-state index contributed by atoms with van der Waals surface area (Å²) in [4.78, 5) is 41.1. The third kappa shape index (κ3) is 8.82. The summed E-state index contributed by atoms with van der Waals surface area (Å²) in [6.45, 7) is 6.81. The molecule has 218 valence electrons. The molecule has 3 atom stereocenters. The minimum atomic E-state index is -1.10. The topological polar surface area (TPSA) is 102 Å². The summed E-state index contributed by atoms with van der Waals surface area (Å²) in [7, 11) is 0. The zero-order valence-corrected chi connectivity index (χ0v) is 23.5. The van der Waals surface area contributed by atoms with Gasteiger partial charge in [0.05, 0.1) is 12.1 Å². The van der Waals surface area contributed by atoms with Crippen LogP contribution in [0.5, 0.6) is 0 Å². The van der Waals surface area contributed by atoms with Crippen LogP contribution in [0, 0.1) is 11.6 Å². The Balaban J connectivity index is 1.66. The van der Waals surface area contributed by atoms with Crippen LogP contribution in [0.15, 0.2) is 42.5 Å². The first kappa shape index (κ1) is 31.2. The largest absolute Gasteiger partial charge is 0.390 e. The molecule has 1 saturated heterocycles. The van der Waals surface area contributed by atoms with Gasteiger partial charge in [-0.15, -0.1) is 0 Å². The number of amides is 3. The number of nitrogens with zero attached hydrogens (tertiary/aromatic N) is 2. The van der Waals surface area contributed by atoms with Crippen LogP contribution in [0.1, 0.15) is 50.3 Å². The number of aliphatic hydroxyl groups excluding tert-OH is 1. The zero-order valence-electron chi connectivity index (χ0n) is 23.5. The lowest BCUT2D eigenvalue weighted by atomic mass is 10.0. The Labute approximate surface area is 234 Å². The van der Waals surface area contributed by atoms with Gasteiger partial charge in [-0.3, -0.25) is 14.4 Å². The number of halogens is 2. The number of aryl methyl sites for hydroxylation is 1. The molecule has 2 aromatic carbocycles. The smallest absolute Gasteiger partial charge is 0.312 e. The van der Waals surface area contributed by atoms with Gasteiger partial charge in [-0.05, 0) is 55.0 Å². The molecule has 3 rings (SSSR count). The first-order valence-corrected chi connectivity index (χ1v) is 13.9. The van der Waals surface area contributed by atoms with Gasteiger partial charge in [0.25, 0.3) is 0 Å². The lowest BCUT2D eigenvalue weighted by Gasteiger charge is -2.38. The molecule has 0 unspecified atom stereocenters. The number of nitrogens with one attached hydrogen (secondary N) is 2. The Morgan fingerprint density at radius 3 is 2.42 bits per heavy atom. The van der Waals surface area contributed by atoms with Gasteiger partial charge in [0.2, 0.25) is 5.91 Å². The van der Waals surface area contributed by atoms with Gasteiger partial charge in [-0.2, -0.15) is 0 Å². The molecule has 3 amide bonds. The van der Waals surface area contributed by atoms with Crippen molar-refractivity contribution in [2.24, 2.45) is 0 Å². The highest BCUT2D eigenvalue weighted by molar-refractivity contribution is 6.35. The molecule has 3 N–H and O–H groups in total. The fraction of sp³-hybridized carbons (Fsp3) is 0.500. The summed E-state index contributed by atoms with van der Waals surface area (Å²) in [5.41, 5.74) is 2.49. The maximum absolute atomic E-state index is 13.8. The van der Waals surface area contributed by atoms with E-state index in [-0.39, 0.29) is 37.7 Å². The van der Waals surface area contributed by atoms with Crippen LogP contribution in [0.25, 0.3) is 0 Å². The van der Waals surface area contributed by atoms with Crippen LogP contribution in [-0.2, 0) is 33.8 Å². The predicted octanol–water partition coefficient (Wildman–Crippen LogP) is 2.56. The first-order chi connectivity index (χ1) is 19.1. The Morgan fingerprint density at radius 1 is 1.05 bits per heavy atom. The van der Waals surface area contributed by atoms with E-state index in [1.165, 1.54) is 15.4 Å². The Morgan fingerprint density at radius 2 is 1.75 bits per heavy atom. The van der Waals surface area contributed by atoms with Crippen molar-refractivity contribution >= 4 is 17.7 Å². The maximum atomic E-state index is 13.8. The van der Waals surface area contributed by atoms with Gasteiger partial charge in [-0.25, -0.2) is 8.78 Å². The van der Waals surface area contributed by atoms with E-state index in [1.54, 1.807) is 0 Å². The number of hydrogen-bond acceptors (Lipinski definition) is 5. The second-order valence-electron chi connectivity index (χ2n) is 10.4. The minimum absolute atomic E-state index is 0.0390. The molecule has 8 nitrogen and oxygen atoms in total. The highest BCUT2D eigenvalue weighted by Crippen LogP contribution is 2.15. The average Bonchev–Trinajstić information content (AvgIpc) is 2.90. The van der Waals surface area contributed by atoms with Crippen LogP contribution in [0.2, 0.25) is 0 Å². The summed E-state index contributed by atoms with van der Waals surface area (Å²) in [6, 6.07) is 9.94. The van der Waals surface area contributed by atoms with Crippen LogP contribution in [0.3, 0.4) is 0 Å². The third-order valence-electron chi connectivity index (χ3n) is 7.11. The number of carbonyl (C=O) groups is 3. The summed E-state index contributed by atoms with van der Waals surface area (Å²) < 4.78 is 27.7. The molecule has 0 aliphatic carbocycles. The molecule has 1 heterocycles. The van der Waals surface area contributed by atoms with E-state index < -0.39 is 41.5 Å². The number of unbranched alkanes of at least 4 members (excludes halogenated alkanes) is 1. The third-order valence-corrected chi connectivity index (χ3v) is 7.11. The van der Waals surface area contributed by atoms with Gasteiger partial charge >= 0.3 is 11.8 Å². The summed E-state index contributed by atoms with van der Waals surface area (Å²) >= 11 is 0. The molecular weight excluding hydrogens is 518 g/mol. The Bertz CT molecular complexity index is 1160. The quantitative estimate of drug-likeness (QED) is 0.310. The monoisotopic (exact) mass is 558 g/mol. The van der Waals surface area contributed by atoms with Gasteiger partial charge < -0.3 is 25.5 Å². The van der Waals surface area contributed by atoms with E-state index in [0.717, 1.165) is 43.0 Å². The van der Waals surface area contributed by atoms with E-state index >= 15 is 0 Å². The molecule has 0 aromatic heterocycles. The molecule has 1 aliphatic heterocycles. The van der Waals surface area contributed by atoms with Crippen molar-refractivity contribution in [1.82, 2.24) is 20.4 Å². The summed E-state index contributed by atoms with van der Waals surface area (Å²) in [6.07, 6.45) is 1.42. The number of hydrogen-bond donors (Lipinski definition) is 3. The maximum Gasteiger partial charge on any atom is 0.312 e. The number of benzene rings is 2. The molecular formula is C30H40F2N4O4. The van der Waals surface area contributed by atoms with E-state index in [4.69, 9.17) is 0 Å². The SMILES string of the molecule is CCCCN1C(=O)C(=O)N(CC(=O)N[C@@H](Cc2cc(F)cc(F)c2)[C@H](O)CNCc2cccc(CC)c2)C[C@@H]1C. The molecule has 0 bridgehead atoms. The van der Waals surface area contributed by atoms with Crippen molar-refractivity contribution in [2.45, 2.75) is 71.2 Å². The molecule has 0 radical (unpaired) electrons. The predicted molar refractivity (Wildman–Crippen MR) is 148 cm³/mol. The molecule has 0 saturated carbocycles. The van der Waals surface area contributed by atoms with Gasteiger partial charge in [0, 0.05) is 38.3 Å². The van der Waals surface area contributed by atoms with Crippen molar-refractivity contribution in [1.29, 1.82) is 0 Å². The number of carbonyl (C=O) groups excluding carboxylic acids is 3. The highest BCUT2D eigenvalue weighted by atomic mass is 19.1. The van der Waals surface area contributed by atoms with Crippen LogP contribution in [-0.4, -0.2) is 77.0 Å². The highest BCUT2D eigenvalue weighted by Gasteiger charge is 2.37. The molecule has 2 aromatic rings. The first-order valence-electron chi connectivity index (χ1n) is 13.9. The molecule has 0 spiro atoms. The fourth-order valence-corrected chi connectivity index (χ4v) is 4.90. The Kier molecular flexibility index (Phi) is 11.6. The van der Waals surface area contributed by atoms with E-state index in [1.807, 2.05) is 32.0 Å². The van der Waals surface area contributed by atoms with Crippen molar-refractivity contribution in [2.75, 3.05) is 26.2 Å². The van der Waals surface area contributed by atoms with Gasteiger partial charge in [0.15, 0.2) is 0 Å². The van der Waals surface area contributed by atoms with E-state index in [9.17, 15) is 28.3 Å². The number of aliphatic hydroxyl groups is 1. The summed E-state index contributed by atoms with van der Waals surface area (Å²) in [5, 5.41) is 16.9. The Hall–Kier alpha value is -3.37. The van der Waals surface area contributed by atoms with E-state index in [0.29, 0.717) is 13.1 Å². The number of piperazine rings is 1. The van der Waals surface area contributed by atoms with Crippen LogP contribution < -0.4 is 10.6 Å². The standard InChI is InChI=1S/C30H40F2N4O4/c1-4-6-10-36-20(3)18-35(29(39)30(36)40)19-28(38)34-26(14-23-12-24(31)15-25(32)13-23)27(37)17-33-16-22-9-7-8-21(5-2)11-22/h7-9,11-13,15,20,26-27,33,37H,4-6,10,14,16-19H2,1-3H3,(H,34,38)/t20-,26-,27+/m0/s1. The van der Waals surface area contributed by atoms with E-state index in [2.05, 4.69) is 23.6 Å². The van der Waals surface area contributed by atoms with Crippen LogP contribution in [0.4, 0.5) is 8.78 Å². The second kappa shape index (κ2) is 14.9. The van der Waals surface area contributed by atoms with Gasteiger partial charge in [0.1, 0.15) is 18.2 Å². The van der Waals surface area contributed by atoms with Crippen molar-refractivity contribution in [3.05, 3.63) is 70.8 Å². The molecule has 40 heavy (non-hydrogen) atoms. The van der Waals surface area contributed by atoms with Gasteiger partial charge in [-0.1, -0.05) is 44.5 Å². The normalized spacial score (nSPS) is 17.2. The fourth-order valence-electron chi connectivity index (χ4n) is 4.90. The lowest BCUT2D eigenvalue weighted by molar-refractivity contribution is -0.159. The van der Waals surface area contributed by atoms with Crippen LogP contribution >= 0.6 is 0 Å². The van der Waals surface area contributed by atoms with Crippen molar-refractivity contribution in [3.63, 3.8) is 0 Å². The average molecular weight is 559 g/mol. The van der Waals surface area contributed by atoms with Crippen molar-refractivity contribution < 1.29 is 28.3 Å². The van der Waals surface area contributed by atoms with Crippen molar-refractivity contribution in [3.8, 4) is 0 Å². The number of rotatable bonds is 14. The zero-order chi connectivity index (χ0) is 29.2. The molecule has 10 heteroatoms.